The second-order valence-electron chi connectivity index (χ2n) is 10.1. The molecule has 1 aromatic heterocycles. The monoisotopic (exact) mass is 543 g/mol. The normalized spacial score (nSPS) is 18.2. The number of H-pyrrole nitrogens is 1. The first-order chi connectivity index (χ1) is 18.5. The number of amides is 3. The summed E-state index contributed by atoms with van der Waals surface area (Å²) >= 11 is 0. The van der Waals surface area contributed by atoms with Crippen molar-refractivity contribution in [1.29, 1.82) is 0 Å². The Morgan fingerprint density at radius 1 is 1.15 bits per heavy atom. The molecule has 2 aromatic rings. The average Bonchev–Trinajstić information content (AvgIpc) is 3.56. The molecule has 7 N–H and O–H groups in total. The van der Waals surface area contributed by atoms with Gasteiger partial charge >= 0.3 is 11.9 Å². The van der Waals surface area contributed by atoms with Crippen LogP contribution >= 0.6 is 0 Å². The van der Waals surface area contributed by atoms with E-state index in [1.807, 2.05) is 31.2 Å². The molecule has 212 valence electrons. The van der Waals surface area contributed by atoms with Gasteiger partial charge in [0, 0.05) is 36.5 Å². The first kappa shape index (κ1) is 29.6. The summed E-state index contributed by atoms with van der Waals surface area (Å²) in [6, 6.07) is 3.30. The summed E-state index contributed by atoms with van der Waals surface area (Å²) in [6.07, 6.45) is 2.91. The van der Waals surface area contributed by atoms with Gasteiger partial charge in [-0.25, -0.2) is 4.79 Å². The van der Waals surface area contributed by atoms with E-state index in [-0.39, 0.29) is 25.2 Å². The summed E-state index contributed by atoms with van der Waals surface area (Å²) in [5.74, 6) is -4.26. The third-order valence-corrected chi connectivity index (χ3v) is 7.33. The topological polar surface area (TPSA) is 195 Å². The van der Waals surface area contributed by atoms with Crippen molar-refractivity contribution >= 4 is 40.6 Å². The van der Waals surface area contributed by atoms with Gasteiger partial charge in [0.25, 0.3) is 0 Å². The number of carboxylic acid groups (broad SMARTS) is 2. The third kappa shape index (κ3) is 7.34. The van der Waals surface area contributed by atoms with Gasteiger partial charge in [0.05, 0.1) is 6.04 Å². The predicted molar refractivity (Wildman–Crippen MR) is 143 cm³/mol. The molecule has 3 rings (SSSR count). The van der Waals surface area contributed by atoms with E-state index in [0.29, 0.717) is 25.8 Å². The molecule has 0 aliphatic carbocycles. The van der Waals surface area contributed by atoms with Gasteiger partial charge in [-0.1, -0.05) is 38.5 Å². The van der Waals surface area contributed by atoms with Crippen molar-refractivity contribution < 1.29 is 34.2 Å². The van der Waals surface area contributed by atoms with Crippen molar-refractivity contribution in [2.24, 2.45) is 11.7 Å². The number of carbonyl (C=O) groups is 5. The van der Waals surface area contributed by atoms with Crippen molar-refractivity contribution in [2.75, 3.05) is 6.54 Å². The highest BCUT2D eigenvalue weighted by molar-refractivity contribution is 5.95. The van der Waals surface area contributed by atoms with Crippen LogP contribution in [0.15, 0.2) is 30.5 Å². The minimum Gasteiger partial charge on any atom is -0.481 e. The SMILES string of the molecule is CCC(C)C(NC(=O)C1CCCN1C(=O)C(N)CCC(=O)O)C(=O)NC(Cc1c[nH]c2ccccc12)C(=O)O. The largest absolute Gasteiger partial charge is 0.481 e. The molecule has 2 heterocycles. The van der Waals surface area contributed by atoms with Crippen molar-refractivity contribution in [3.8, 4) is 0 Å². The lowest BCUT2D eigenvalue weighted by atomic mass is 9.96. The molecular weight excluding hydrogens is 506 g/mol. The maximum atomic E-state index is 13.3. The average molecular weight is 544 g/mol. The number of nitrogens with one attached hydrogen (secondary N) is 3. The molecular formula is C27H37N5O7. The summed E-state index contributed by atoms with van der Waals surface area (Å²) in [5, 5.41) is 24.9. The van der Waals surface area contributed by atoms with Crippen molar-refractivity contribution in [3.63, 3.8) is 0 Å². The highest BCUT2D eigenvalue weighted by atomic mass is 16.4. The van der Waals surface area contributed by atoms with Gasteiger partial charge in [-0.15, -0.1) is 0 Å². The van der Waals surface area contributed by atoms with Gasteiger partial charge in [-0.05, 0) is 36.8 Å². The number of carbonyl (C=O) groups excluding carboxylic acids is 3. The van der Waals surface area contributed by atoms with Crippen LogP contribution in [-0.2, 0) is 30.4 Å². The Bertz CT molecular complexity index is 1210. The number of hydrogen-bond donors (Lipinski definition) is 6. The van der Waals surface area contributed by atoms with Gasteiger partial charge < -0.3 is 36.5 Å². The number of aromatic amines is 1. The molecule has 39 heavy (non-hydrogen) atoms. The zero-order valence-corrected chi connectivity index (χ0v) is 22.2. The number of fused-ring (bicyclic) bond motifs is 1. The van der Waals surface area contributed by atoms with Gasteiger partial charge in [0.15, 0.2) is 0 Å². The highest BCUT2D eigenvalue weighted by Crippen LogP contribution is 2.21. The van der Waals surface area contributed by atoms with E-state index in [0.717, 1.165) is 16.5 Å². The van der Waals surface area contributed by atoms with Crippen LogP contribution in [0.25, 0.3) is 10.9 Å². The quantitative estimate of drug-likeness (QED) is 0.215. The Balaban J connectivity index is 1.70. The number of likely N-dealkylation sites (tertiary alicyclic amines) is 1. The van der Waals surface area contributed by atoms with Crippen LogP contribution in [0.4, 0.5) is 0 Å². The molecule has 12 heteroatoms. The molecule has 0 bridgehead atoms. The molecule has 1 saturated heterocycles. The lowest BCUT2D eigenvalue weighted by Crippen LogP contribution is -2.58. The van der Waals surface area contributed by atoms with E-state index in [4.69, 9.17) is 10.8 Å². The van der Waals surface area contributed by atoms with Gasteiger partial charge in [0.2, 0.25) is 17.7 Å². The van der Waals surface area contributed by atoms with Crippen LogP contribution in [0.3, 0.4) is 0 Å². The zero-order chi connectivity index (χ0) is 28.7. The first-order valence-corrected chi connectivity index (χ1v) is 13.2. The standard InChI is InChI=1S/C27H37N5O7/c1-3-15(2)23(31-24(35)21-9-6-12-32(21)26(37)18(28)10-11-22(33)34)25(36)30-20(27(38)39)13-16-14-29-19-8-5-4-7-17(16)19/h4-5,7-8,14-15,18,20-21,23,29H,3,6,9-13,28H2,1-2H3,(H,30,36)(H,31,35)(H,33,34)(H,38,39). The number of nitrogens with two attached hydrogens (primary N) is 1. The van der Waals surface area contributed by atoms with Crippen LogP contribution in [0, 0.1) is 5.92 Å². The molecule has 0 radical (unpaired) electrons. The summed E-state index contributed by atoms with van der Waals surface area (Å²) in [6.45, 7) is 3.92. The van der Waals surface area contributed by atoms with E-state index in [1.54, 1.807) is 13.1 Å². The van der Waals surface area contributed by atoms with Gasteiger partial charge in [-0.2, -0.15) is 0 Å². The van der Waals surface area contributed by atoms with Crippen molar-refractivity contribution in [1.82, 2.24) is 20.5 Å². The fraction of sp³-hybridized carbons (Fsp3) is 0.519. The highest BCUT2D eigenvalue weighted by Gasteiger charge is 2.39. The smallest absolute Gasteiger partial charge is 0.326 e. The Hall–Kier alpha value is -3.93. The molecule has 1 aliphatic rings. The fourth-order valence-corrected chi connectivity index (χ4v) is 4.85. The second kappa shape index (κ2) is 13.2. The molecule has 5 unspecified atom stereocenters. The summed E-state index contributed by atoms with van der Waals surface area (Å²) in [7, 11) is 0. The number of benzene rings is 1. The molecule has 12 nitrogen and oxygen atoms in total. The summed E-state index contributed by atoms with van der Waals surface area (Å²) in [4.78, 5) is 66.8. The van der Waals surface area contributed by atoms with Crippen LogP contribution in [0.1, 0.15) is 51.5 Å². The van der Waals surface area contributed by atoms with Crippen molar-refractivity contribution in [2.45, 2.75) is 76.5 Å². The number of para-hydroxylation sites is 1. The lowest BCUT2D eigenvalue weighted by molar-refractivity contribution is -0.143. The summed E-state index contributed by atoms with van der Waals surface area (Å²) in [5.41, 5.74) is 7.48. The number of aromatic nitrogens is 1. The maximum absolute atomic E-state index is 13.3. The van der Waals surface area contributed by atoms with E-state index in [2.05, 4.69) is 15.6 Å². The number of hydrogen-bond acceptors (Lipinski definition) is 6. The number of carboxylic acids is 2. The van der Waals surface area contributed by atoms with Gasteiger partial charge in [-0.3, -0.25) is 19.2 Å². The minimum atomic E-state index is -1.23. The molecule has 3 amide bonds. The van der Waals surface area contributed by atoms with E-state index < -0.39 is 53.8 Å². The van der Waals surface area contributed by atoms with Crippen LogP contribution in [-0.4, -0.2) is 80.5 Å². The minimum absolute atomic E-state index is 0.0470. The predicted octanol–water partition coefficient (Wildman–Crippen LogP) is 0.994. The first-order valence-electron chi connectivity index (χ1n) is 13.2. The van der Waals surface area contributed by atoms with Crippen LogP contribution in [0.2, 0.25) is 0 Å². The molecule has 5 atom stereocenters. The lowest BCUT2D eigenvalue weighted by Gasteiger charge is -2.30. The van der Waals surface area contributed by atoms with E-state index in [1.165, 1.54) is 4.90 Å². The second-order valence-corrected chi connectivity index (χ2v) is 10.1. The van der Waals surface area contributed by atoms with Gasteiger partial charge in [0.1, 0.15) is 18.1 Å². The fourth-order valence-electron chi connectivity index (χ4n) is 4.85. The van der Waals surface area contributed by atoms with Crippen molar-refractivity contribution in [3.05, 3.63) is 36.0 Å². The van der Waals surface area contributed by atoms with E-state index >= 15 is 0 Å². The number of aliphatic carboxylic acids is 2. The Morgan fingerprint density at radius 3 is 2.54 bits per heavy atom. The number of nitrogens with zero attached hydrogens (tertiary/aromatic N) is 1. The van der Waals surface area contributed by atoms with E-state index in [9.17, 15) is 29.1 Å². The number of rotatable bonds is 13. The molecule has 0 saturated carbocycles. The molecule has 1 aliphatic heterocycles. The summed E-state index contributed by atoms with van der Waals surface area (Å²) < 4.78 is 0. The van der Waals surface area contributed by atoms with Crippen LogP contribution in [0.5, 0.6) is 0 Å². The molecule has 1 fully saturated rings. The third-order valence-electron chi connectivity index (χ3n) is 7.33. The Morgan fingerprint density at radius 2 is 1.87 bits per heavy atom. The van der Waals surface area contributed by atoms with Crippen LogP contribution < -0.4 is 16.4 Å². The Kier molecular flexibility index (Phi) is 10.0. The zero-order valence-electron chi connectivity index (χ0n) is 22.2. The molecule has 0 spiro atoms. The Labute approximate surface area is 226 Å². The maximum Gasteiger partial charge on any atom is 0.326 e. The molecule has 1 aromatic carbocycles.